The largest absolute Gasteiger partial charge is 0.309 e. The van der Waals surface area contributed by atoms with E-state index in [0.717, 1.165) is 49.0 Å². The molecule has 11 aromatic rings. The SMILES string of the molecule is N#Cc1c(-n2c3ccccc3c3ccccc32)c(F)c(-c2ccc3c(c2)c2ccccc2n3-c2ccccc2)c(F)c1-n1c2ccccc2c2ccccc21. The second kappa shape index (κ2) is 11.8. The van der Waals surface area contributed by atoms with Gasteiger partial charge in [-0.1, -0.05) is 115 Å². The molecule has 0 bridgehead atoms. The number of aromatic nitrogens is 3. The van der Waals surface area contributed by atoms with Gasteiger partial charge in [0.15, 0.2) is 11.6 Å². The predicted octanol–water partition coefficient (Wildman–Crippen LogP) is 12.8. The van der Waals surface area contributed by atoms with Crippen molar-refractivity contribution in [3.63, 3.8) is 0 Å². The smallest absolute Gasteiger partial charge is 0.159 e. The number of hydrogen-bond donors (Lipinski definition) is 0. The number of halogens is 2. The molecule has 55 heavy (non-hydrogen) atoms. The van der Waals surface area contributed by atoms with Crippen molar-refractivity contribution in [2.45, 2.75) is 0 Å². The fourth-order valence-corrected chi connectivity index (χ4v) is 8.75. The Bertz CT molecular complexity index is 3170. The van der Waals surface area contributed by atoms with Gasteiger partial charge < -0.3 is 13.7 Å². The van der Waals surface area contributed by atoms with Gasteiger partial charge in [0.2, 0.25) is 0 Å². The first-order chi connectivity index (χ1) is 27.1. The van der Waals surface area contributed by atoms with E-state index in [0.29, 0.717) is 27.6 Å². The summed E-state index contributed by atoms with van der Waals surface area (Å²) >= 11 is 0. The first-order valence-electron chi connectivity index (χ1n) is 18.1. The summed E-state index contributed by atoms with van der Waals surface area (Å²) in [6.45, 7) is 0. The summed E-state index contributed by atoms with van der Waals surface area (Å²) in [5.41, 5.74) is 5.81. The van der Waals surface area contributed by atoms with Crippen molar-refractivity contribution in [1.82, 2.24) is 13.7 Å². The van der Waals surface area contributed by atoms with Gasteiger partial charge in [0, 0.05) is 38.0 Å². The number of hydrogen-bond acceptors (Lipinski definition) is 1. The van der Waals surface area contributed by atoms with Gasteiger partial charge in [0.05, 0.1) is 38.7 Å². The molecule has 0 unspecified atom stereocenters. The lowest BCUT2D eigenvalue weighted by Crippen LogP contribution is -2.12. The van der Waals surface area contributed by atoms with Gasteiger partial charge in [-0.25, -0.2) is 8.78 Å². The lowest BCUT2D eigenvalue weighted by atomic mass is 9.96. The summed E-state index contributed by atoms with van der Waals surface area (Å²) in [4.78, 5) is 0. The molecule has 0 amide bonds. The van der Waals surface area contributed by atoms with Crippen molar-refractivity contribution < 1.29 is 8.78 Å². The molecular weight excluding hydrogens is 683 g/mol. The van der Waals surface area contributed by atoms with E-state index in [1.807, 2.05) is 146 Å². The zero-order valence-electron chi connectivity index (χ0n) is 29.2. The Hall–Kier alpha value is -7.49. The Balaban J connectivity index is 1.32. The fourth-order valence-electron chi connectivity index (χ4n) is 8.75. The Morgan fingerprint density at radius 1 is 0.382 bits per heavy atom. The Kier molecular flexibility index (Phi) is 6.64. The van der Waals surface area contributed by atoms with Crippen LogP contribution in [-0.4, -0.2) is 13.7 Å². The van der Waals surface area contributed by atoms with Gasteiger partial charge in [-0.05, 0) is 60.2 Å². The Labute approximate surface area is 313 Å². The molecule has 0 fully saturated rings. The standard InChI is InChI=1S/C49H28F2N4/c50-46-45(30-26-27-44-37(28-30)36-20-8-9-21-39(36)53(44)31-14-2-1-3-15-31)47(51)49(55-42-24-12-6-18-34(42)35-19-7-13-25-43(35)55)38(29-52)48(46)54-40-22-10-4-16-32(40)33-17-5-11-23-41(33)54/h1-28H. The minimum absolute atomic E-state index is 0.0000251. The second-order valence-corrected chi connectivity index (χ2v) is 13.8. The number of benzene rings is 8. The van der Waals surface area contributed by atoms with E-state index in [1.165, 1.54) is 0 Å². The van der Waals surface area contributed by atoms with Gasteiger partial charge in [-0.15, -0.1) is 0 Å². The summed E-state index contributed by atoms with van der Waals surface area (Å²) in [7, 11) is 0. The summed E-state index contributed by atoms with van der Waals surface area (Å²) in [5, 5.41) is 16.6. The van der Waals surface area contributed by atoms with Crippen LogP contribution >= 0.6 is 0 Å². The third-order valence-electron chi connectivity index (χ3n) is 11.0. The average molecular weight is 711 g/mol. The van der Waals surface area contributed by atoms with Crippen LogP contribution in [0.2, 0.25) is 0 Å². The highest BCUT2D eigenvalue weighted by atomic mass is 19.1. The van der Waals surface area contributed by atoms with Gasteiger partial charge in [-0.3, -0.25) is 0 Å². The molecule has 3 aromatic heterocycles. The summed E-state index contributed by atoms with van der Waals surface area (Å²) < 4.78 is 41.9. The molecule has 0 spiro atoms. The summed E-state index contributed by atoms with van der Waals surface area (Å²) in [6.07, 6.45) is 0. The van der Waals surface area contributed by atoms with Crippen LogP contribution in [0.4, 0.5) is 8.78 Å². The molecule has 11 rings (SSSR count). The molecule has 0 N–H and O–H groups in total. The number of rotatable bonds is 4. The number of fused-ring (bicyclic) bond motifs is 9. The molecule has 3 heterocycles. The van der Waals surface area contributed by atoms with Crippen LogP contribution in [0.15, 0.2) is 170 Å². The van der Waals surface area contributed by atoms with Gasteiger partial charge in [-0.2, -0.15) is 5.26 Å². The first kappa shape index (κ1) is 31.1. The van der Waals surface area contributed by atoms with Crippen LogP contribution in [0, 0.1) is 23.0 Å². The van der Waals surface area contributed by atoms with Crippen molar-refractivity contribution in [2.75, 3.05) is 0 Å². The fraction of sp³-hybridized carbons (Fsp3) is 0. The Morgan fingerprint density at radius 3 is 1.18 bits per heavy atom. The van der Waals surface area contributed by atoms with E-state index in [4.69, 9.17) is 0 Å². The molecule has 0 saturated heterocycles. The first-order valence-corrected chi connectivity index (χ1v) is 18.1. The monoisotopic (exact) mass is 710 g/mol. The van der Waals surface area contributed by atoms with E-state index in [-0.39, 0.29) is 22.5 Å². The van der Waals surface area contributed by atoms with Crippen LogP contribution in [0.3, 0.4) is 0 Å². The third-order valence-corrected chi connectivity index (χ3v) is 11.0. The van der Waals surface area contributed by atoms with E-state index in [9.17, 15) is 5.26 Å². The number of nitriles is 1. The highest BCUT2D eigenvalue weighted by Crippen LogP contribution is 2.45. The van der Waals surface area contributed by atoms with E-state index >= 15 is 8.78 Å². The van der Waals surface area contributed by atoms with Crippen molar-refractivity contribution in [3.05, 3.63) is 187 Å². The quantitative estimate of drug-likeness (QED) is 0.179. The Morgan fingerprint density at radius 2 is 0.745 bits per heavy atom. The topological polar surface area (TPSA) is 38.6 Å². The number of para-hydroxylation sites is 6. The normalized spacial score (nSPS) is 11.8. The molecule has 0 radical (unpaired) electrons. The molecule has 6 heteroatoms. The lowest BCUT2D eigenvalue weighted by Gasteiger charge is -2.21. The highest BCUT2D eigenvalue weighted by molar-refractivity contribution is 6.13. The minimum atomic E-state index is -0.809. The van der Waals surface area contributed by atoms with Crippen molar-refractivity contribution in [1.29, 1.82) is 5.26 Å². The zero-order valence-corrected chi connectivity index (χ0v) is 29.2. The molecule has 8 aromatic carbocycles. The van der Waals surface area contributed by atoms with Crippen molar-refractivity contribution >= 4 is 65.4 Å². The van der Waals surface area contributed by atoms with Crippen molar-refractivity contribution in [3.8, 4) is 34.3 Å². The molecule has 0 aliphatic rings. The minimum Gasteiger partial charge on any atom is -0.309 e. The van der Waals surface area contributed by atoms with Crippen LogP contribution in [0.5, 0.6) is 0 Å². The van der Waals surface area contributed by atoms with Crippen molar-refractivity contribution in [2.24, 2.45) is 0 Å². The molecular formula is C49H28F2N4. The lowest BCUT2D eigenvalue weighted by molar-refractivity contribution is 0.581. The molecule has 258 valence electrons. The second-order valence-electron chi connectivity index (χ2n) is 13.8. The average Bonchev–Trinajstić information content (AvgIpc) is 3.87. The predicted molar refractivity (Wildman–Crippen MR) is 220 cm³/mol. The molecule has 0 saturated carbocycles. The highest BCUT2D eigenvalue weighted by Gasteiger charge is 2.31. The van der Waals surface area contributed by atoms with Crippen LogP contribution in [0.25, 0.3) is 93.6 Å². The summed E-state index contributed by atoms with van der Waals surface area (Å²) in [6, 6.07) is 57.1. The molecule has 4 nitrogen and oxygen atoms in total. The van der Waals surface area contributed by atoms with Crippen LogP contribution in [-0.2, 0) is 0 Å². The van der Waals surface area contributed by atoms with Gasteiger partial charge in [0.1, 0.15) is 23.0 Å². The zero-order chi connectivity index (χ0) is 36.8. The van der Waals surface area contributed by atoms with E-state index in [2.05, 4.69) is 28.8 Å². The number of nitrogens with zero attached hydrogens (tertiary/aromatic N) is 4. The van der Waals surface area contributed by atoms with Crippen LogP contribution < -0.4 is 0 Å². The summed E-state index contributed by atoms with van der Waals surface area (Å²) in [5.74, 6) is -1.62. The maximum Gasteiger partial charge on any atom is 0.159 e. The van der Waals surface area contributed by atoms with Gasteiger partial charge >= 0.3 is 0 Å². The maximum absolute atomic E-state index is 18.1. The van der Waals surface area contributed by atoms with E-state index in [1.54, 1.807) is 15.2 Å². The van der Waals surface area contributed by atoms with E-state index < -0.39 is 11.6 Å². The third kappa shape index (κ3) is 4.29. The maximum atomic E-state index is 18.1. The van der Waals surface area contributed by atoms with Gasteiger partial charge in [0.25, 0.3) is 0 Å². The molecule has 0 aliphatic carbocycles. The van der Waals surface area contributed by atoms with Crippen LogP contribution in [0.1, 0.15) is 5.56 Å². The molecule has 0 aliphatic heterocycles. The molecule has 0 atom stereocenters.